The molecule has 32 heavy (non-hydrogen) atoms. The van der Waals surface area contributed by atoms with E-state index in [-0.39, 0.29) is 36.8 Å². The molecular formula is C24H21Cl2NO5. The Balaban J connectivity index is 1.96. The van der Waals surface area contributed by atoms with E-state index < -0.39 is 5.97 Å². The van der Waals surface area contributed by atoms with Crippen molar-refractivity contribution in [2.45, 2.75) is 20.1 Å². The fourth-order valence-electron chi connectivity index (χ4n) is 2.91. The van der Waals surface area contributed by atoms with Crippen molar-refractivity contribution < 1.29 is 24.2 Å². The molecule has 3 aromatic rings. The highest BCUT2D eigenvalue weighted by atomic mass is 35.5. The molecule has 0 aliphatic carbocycles. The molecule has 0 fully saturated rings. The molecule has 1 N–H and O–H groups in total. The first-order valence-electron chi connectivity index (χ1n) is 9.80. The predicted octanol–water partition coefficient (Wildman–Crippen LogP) is 5.89. The second kappa shape index (κ2) is 11.4. The van der Waals surface area contributed by atoms with Crippen LogP contribution in [0.2, 0.25) is 10.0 Å². The third-order valence-electron chi connectivity index (χ3n) is 4.47. The van der Waals surface area contributed by atoms with Crippen molar-refractivity contribution in [1.82, 2.24) is 0 Å². The van der Waals surface area contributed by atoms with E-state index in [1.54, 1.807) is 37.3 Å². The molecule has 0 aliphatic rings. The van der Waals surface area contributed by atoms with Gasteiger partial charge in [-0.3, -0.25) is 0 Å². The topological polar surface area (TPSA) is 77.4 Å². The minimum absolute atomic E-state index is 0.0979. The van der Waals surface area contributed by atoms with Crippen LogP contribution in [0.4, 0.5) is 0 Å². The molecule has 0 saturated heterocycles. The van der Waals surface area contributed by atoms with Gasteiger partial charge in [-0.2, -0.15) is 0 Å². The zero-order valence-corrected chi connectivity index (χ0v) is 18.8. The van der Waals surface area contributed by atoms with Gasteiger partial charge in [0.15, 0.2) is 17.2 Å². The van der Waals surface area contributed by atoms with Crippen molar-refractivity contribution in [2.75, 3.05) is 6.61 Å². The fourth-order valence-corrected chi connectivity index (χ4v) is 3.29. The summed E-state index contributed by atoms with van der Waals surface area (Å²) in [4.78, 5) is 12.3. The Morgan fingerprint density at radius 2 is 1.47 bits per heavy atom. The van der Waals surface area contributed by atoms with Crippen LogP contribution in [0.15, 0.2) is 71.9 Å². The Morgan fingerprint density at radius 3 is 2.03 bits per heavy atom. The van der Waals surface area contributed by atoms with Gasteiger partial charge >= 0.3 is 5.97 Å². The summed E-state index contributed by atoms with van der Waals surface area (Å²) in [5, 5.41) is 13.8. The highest BCUT2D eigenvalue weighted by Crippen LogP contribution is 2.34. The molecule has 0 unspecified atom stereocenters. The molecule has 3 aromatic carbocycles. The first-order chi connectivity index (χ1) is 15.5. The van der Waals surface area contributed by atoms with Gasteiger partial charge < -0.3 is 19.4 Å². The Labute approximate surface area is 195 Å². The van der Waals surface area contributed by atoms with Crippen molar-refractivity contribution >= 4 is 34.9 Å². The fraction of sp³-hybridized carbons (Fsp3) is 0.167. The Bertz CT molecular complexity index is 1120. The van der Waals surface area contributed by atoms with Crippen molar-refractivity contribution in [3.8, 4) is 11.5 Å². The number of halogens is 2. The third-order valence-corrected chi connectivity index (χ3v) is 5.21. The summed E-state index contributed by atoms with van der Waals surface area (Å²) in [6, 6.07) is 19.4. The maximum absolute atomic E-state index is 12.3. The molecule has 3 rings (SSSR count). The second-order valence-electron chi connectivity index (χ2n) is 6.56. The Hall–Kier alpha value is -3.22. The van der Waals surface area contributed by atoms with Gasteiger partial charge in [-0.1, -0.05) is 70.8 Å². The van der Waals surface area contributed by atoms with Crippen LogP contribution in [0.3, 0.4) is 0 Å². The van der Waals surface area contributed by atoms with Crippen molar-refractivity contribution in [1.29, 1.82) is 0 Å². The van der Waals surface area contributed by atoms with Crippen LogP contribution in [0.25, 0.3) is 0 Å². The lowest BCUT2D eigenvalue weighted by atomic mass is 10.1. The average Bonchev–Trinajstić information content (AvgIpc) is 2.79. The lowest BCUT2D eigenvalue weighted by Gasteiger charge is -2.17. The normalized spacial score (nSPS) is 11.2. The molecular weight excluding hydrogens is 453 g/mol. The summed E-state index contributed by atoms with van der Waals surface area (Å²) in [6.07, 6.45) is 0. The van der Waals surface area contributed by atoms with E-state index in [1.807, 2.05) is 36.4 Å². The van der Waals surface area contributed by atoms with Gasteiger partial charge in [0.05, 0.1) is 12.2 Å². The van der Waals surface area contributed by atoms with Crippen LogP contribution in [0.1, 0.15) is 23.6 Å². The van der Waals surface area contributed by atoms with E-state index in [1.165, 1.54) is 0 Å². The first-order valence-corrected chi connectivity index (χ1v) is 10.6. The van der Waals surface area contributed by atoms with Gasteiger partial charge in [-0.25, -0.2) is 4.79 Å². The van der Waals surface area contributed by atoms with Gasteiger partial charge in [0, 0.05) is 21.2 Å². The van der Waals surface area contributed by atoms with Crippen LogP contribution in [-0.2, 0) is 22.7 Å². The third kappa shape index (κ3) is 5.72. The minimum atomic E-state index is -0.791. The first kappa shape index (κ1) is 23.4. The molecule has 6 nitrogen and oxygen atoms in total. The molecule has 0 heterocycles. The molecule has 0 saturated carbocycles. The van der Waals surface area contributed by atoms with Crippen LogP contribution in [-0.4, -0.2) is 23.5 Å². The quantitative estimate of drug-likeness (QED) is 0.181. The van der Waals surface area contributed by atoms with E-state index in [2.05, 4.69) is 5.16 Å². The summed E-state index contributed by atoms with van der Waals surface area (Å²) in [7, 11) is 0. The van der Waals surface area contributed by atoms with Crippen molar-refractivity contribution in [2.24, 2.45) is 5.16 Å². The van der Waals surface area contributed by atoms with Crippen LogP contribution < -0.4 is 9.47 Å². The monoisotopic (exact) mass is 473 g/mol. The smallest absolute Gasteiger partial charge is 0.361 e. The number of nitrogens with zero attached hydrogens (tertiary/aromatic N) is 1. The van der Waals surface area contributed by atoms with Gasteiger partial charge in [0.25, 0.3) is 0 Å². The standard InChI is InChI=1S/C24H21Cl2NO5/c1-2-30-24(28)22(27-29)18-10-7-13-21(31-14-16-8-3-5-11-19(16)25)23(18)32-15-17-9-4-6-12-20(17)26/h3-13,29H,2,14-15H2,1H3/b27-22-. The van der Waals surface area contributed by atoms with Gasteiger partial charge in [-0.15, -0.1) is 0 Å². The summed E-state index contributed by atoms with van der Waals surface area (Å²) < 4.78 is 17.0. The molecule has 0 atom stereocenters. The summed E-state index contributed by atoms with van der Waals surface area (Å²) >= 11 is 12.5. The van der Waals surface area contributed by atoms with Crippen LogP contribution >= 0.6 is 23.2 Å². The van der Waals surface area contributed by atoms with E-state index in [9.17, 15) is 10.0 Å². The summed E-state index contributed by atoms with van der Waals surface area (Å²) in [5.74, 6) is -0.249. The highest BCUT2D eigenvalue weighted by molar-refractivity contribution is 6.43. The second-order valence-corrected chi connectivity index (χ2v) is 7.38. The highest BCUT2D eigenvalue weighted by Gasteiger charge is 2.24. The minimum Gasteiger partial charge on any atom is -0.485 e. The van der Waals surface area contributed by atoms with Crippen LogP contribution in [0.5, 0.6) is 11.5 Å². The van der Waals surface area contributed by atoms with Crippen molar-refractivity contribution in [3.05, 3.63) is 93.5 Å². The Kier molecular flexibility index (Phi) is 8.36. The van der Waals surface area contributed by atoms with Crippen LogP contribution in [0, 0.1) is 0 Å². The number of carbonyl (C=O) groups is 1. The molecule has 0 bridgehead atoms. The number of rotatable bonds is 9. The lowest BCUT2D eigenvalue weighted by Crippen LogP contribution is -2.20. The number of para-hydroxylation sites is 1. The number of oxime groups is 1. The lowest BCUT2D eigenvalue weighted by molar-refractivity contribution is -0.135. The zero-order valence-electron chi connectivity index (χ0n) is 17.3. The maximum atomic E-state index is 12.3. The van der Waals surface area contributed by atoms with Gasteiger partial charge in [0.1, 0.15) is 13.2 Å². The number of esters is 1. The number of carbonyl (C=O) groups excluding carboxylic acids is 1. The molecule has 0 aliphatic heterocycles. The number of benzene rings is 3. The molecule has 0 amide bonds. The predicted molar refractivity (Wildman–Crippen MR) is 123 cm³/mol. The van der Waals surface area contributed by atoms with E-state index in [4.69, 9.17) is 37.4 Å². The molecule has 0 radical (unpaired) electrons. The SMILES string of the molecule is CCOC(=O)/C(=N\O)c1cccc(OCc2ccccc2Cl)c1OCc1ccccc1Cl. The number of hydrogen-bond acceptors (Lipinski definition) is 6. The summed E-state index contributed by atoms with van der Waals surface area (Å²) in [5.41, 5.74) is 1.43. The number of ether oxygens (including phenoxy) is 3. The maximum Gasteiger partial charge on any atom is 0.361 e. The molecule has 0 aromatic heterocycles. The Morgan fingerprint density at radius 1 is 0.875 bits per heavy atom. The van der Waals surface area contributed by atoms with E-state index >= 15 is 0 Å². The van der Waals surface area contributed by atoms with E-state index in [0.717, 1.165) is 11.1 Å². The van der Waals surface area contributed by atoms with Gasteiger partial charge in [0.2, 0.25) is 0 Å². The molecule has 0 spiro atoms. The zero-order chi connectivity index (χ0) is 22.9. The number of hydrogen-bond donors (Lipinski definition) is 1. The van der Waals surface area contributed by atoms with E-state index in [0.29, 0.717) is 15.8 Å². The molecule has 8 heteroatoms. The van der Waals surface area contributed by atoms with Gasteiger partial charge in [-0.05, 0) is 31.2 Å². The molecule has 166 valence electrons. The largest absolute Gasteiger partial charge is 0.485 e. The average molecular weight is 474 g/mol. The van der Waals surface area contributed by atoms with Crippen molar-refractivity contribution in [3.63, 3.8) is 0 Å². The summed E-state index contributed by atoms with van der Waals surface area (Å²) in [6.45, 7) is 2.04.